The molecule has 156 valence electrons. The maximum Gasteiger partial charge on any atom is 0.243 e. The Morgan fingerprint density at radius 3 is 2.14 bits per heavy atom. The topological polar surface area (TPSA) is 95.1 Å². The van der Waals surface area contributed by atoms with Gasteiger partial charge in [0.2, 0.25) is 26.0 Å². The van der Waals surface area contributed by atoms with Crippen LogP contribution < -0.4 is 0 Å². The molecule has 1 amide bonds. The van der Waals surface area contributed by atoms with E-state index in [0.717, 1.165) is 6.26 Å². The molecule has 2 saturated heterocycles. The van der Waals surface area contributed by atoms with Crippen molar-refractivity contribution in [3.05, 3.63) is 29.3 Å². The Bertz CT molecular complexity index is 926. The third kappa shape index (κ3) is 4.68. The summed E-state index contributed by atoms with van der Waals surface area (Å²) in [6, 6.07) is 6.00. The summed E-state index contributed by atoms with van der Waals surface area (Å²) < 4.78 is 51.7. The normalized spacial score (nSPS) is 22.9. The molecule has 1 atom stereocenters. The van der Waals surface area contributed by atoms with E-state index in [1.54, 1.807) is 4.90 Å². The van der Waals surface area contributed by atoms with Crippen molar-refractivity contribution < 1.29 is 21.6 Å². The largest absolute Gasteiger partial charge is 0.340 e. The molecule has 0 bridgehead atoms. The fraction of sp³-hybridized carbons (Fsp3) is 0.588. The summed E-state index contributed by atoms with van der Waals surface area (Å²) in [5.41, 5.74) is 0. The van der Waals surface area contributed by atoms with Crippen LogP contribution in [0.1, 0.15) is 12.8 Å². The van der Waals surface area contributed by atoms with Crippen LogP contribution in [0.3, 0.4) is 0 Å². The van der Waals surface area contributed by atoms with Gasteiger partial charge in [0.25, 0.3) is 0 Å². The van der Waals surface area contributed by atoms with Gasteiger partial charge in [-0.1, -0.05) is 11.6 Å². The van der Waals surface area contributed by atoms with E-state index < -0.39 is 20.0 Å². The van der Waals surface area contributed by atoms with Crippen LogP contribution >= 0.6 is 11.6 Å². The van der Waals surface area contributed by atoms with E-state index >= 15 is 0 Å². The van der Waals surface area contributed by atoms with Crippen molar-refractivity contribution in [1.82, 2.24) is 13.5 Å². The van der Waals surface area contributed by atoms with Crippen molar-refractivity contribution in [2.75, 3.05) is 45.5 Å². The van der Waals surface area contributed by atoms with E-state index in [4.69, 9.17) is 11.6 Å². The minimum Gasteiger partial charge on any atom is -0.340 e. The van der Waals surface area contributed by atoms with Crippen LogP contribution in [0.2, 0.25) is 5.02 Å². The second-order valence-electron chi connectivity index (χ2n) is 7.14. The molecule has 1 aromatic rings. The first kappa shape index (κ1) is 21.5. The predicted molar refractivity (Wildman–Crippen MR) is 106 cm³/mol. The first-order valence-electron chi connectivity index (χ1n) is 9.08. The second-order valence-corrected chi connectivity index (χ2v) is 11.5. The number of hydrogen-bond acceptors (Lipinski definition) is 5. The van der Waals surface area contributed by atoms with Crippen LogP contribution in [0.15, 0.2) is 29.2 Å². The molecule has 2 fully saturated rings. The Hall–Kier alpha value is -1.20. The maximum atomic E-state index is 12.8. The van der Waals surface area contributed by atoms with Crippen LogP contribution in [-0.2, 0) is 24.8 Å². The molecule has 0 radical (unpaired) electrons. The van der Waals surface area contributed by atoms with E-state index in [9.17, 15) is 21.6 Å². The second kappa shape index (κ2) is 8.27. The summed E-state index contributed by atoms with van der Waals surface area (Å²) >= 11 is 5.82. The van der Waals surface area contributed by atoms with Crippen molar-refractivity contribution in [2.24, 2.45) is 5.92 Å². The molecule has 28 heavy (non-hydrogen) atoms. The molecule has 2 aliphatic heterocycles. The SMILES string of the molecule is CS(=O)(=O)N1CCCC(C(=O)N2CCN(S(=O)(=O)c3ccc(Cl)cc3)CC2)C1. The van der Waals surface area contributed by atoms with Crippen molar-refractivity contribution in [3.63, 3.8) is 0 Å². The van der Waals surface area contributed by atoms with E-state index in [0.29, 0.717) is 37.5 Å². The Labute approximate surface area is 171 Å². The molecule has 0 N–H and O–H groups in total. The summed E-state index contributed by atoms with van der Waals surface area (Å²) in [4.78, 5) is 14.6. The van der Waals surface area contributed by atoms with Crippen LogP contribution in [0, 0.1) is 5.92 Å². The number of nitrogens with zero attached hydrogens (tertiary/aromatic N) is 3. The van der Waals surface area contributed by atoms with Gasteiger partial charge >= 0.3 is 0 Å². The highest BCUT2D eigenvalue weighted by molar-refractivity contribution is 7.89. The highest BCUT2D eigenvalue weighted by Gasteiger charge is 2.35. The number of piperidine rings is 1. The van der Waals surface area contributed by atoms with Gasteiger partial charge in [0.15, 0.2) is 0 Å². The molecule has 1 unspecified atom stereocenters. The minimum absolute atomic E-state index is 0.100. The lowest BCUT2D eigenvalue weighted by Gasteiger charge is -2.38. The van der Waals surface area contributed by atoms with Gasteiger partial charge in [-0.05, 0) is 37.1 Å². The third-order valence-electron chi connectivity index (χ3n) is 5.20. The third-order valence-corrected chi connectivity index (χ3v) is 8.64. The molecule has 0 aliphatic carbocycles. The fourth-order valence-electron chi connectivity index (χ4n) is 3.61. The number of amides is 1. The van der Waals surface area contributed by atoms with Gasteiger partial charge in [-0.2, -0.15) is 4.31 Å². The Balaban J connectivity index is 1.62. The molecule has 8 nitrogen and oxygen atoms in total. The Kier molecular flexibility index (Phi) is 6.35. The van der Waals surface area contributed by atoms with Gasteiger partial charge in [0.05, 0.1) is 17.1 Å². The molecule has 1 aromatic carbocycles. The summed E-state index contributed by atoms with van der Waals surface area (Å²) in [5, 5.41) is 0.463. The van der Waals surface area contributed by atoms with Crippen molar-refractivity contribution in [1.29, 1.82) is 0 Å². The van der Waals surface area contributed by atoms with Crippen LogP contribution in [-0.4, -0.2) is 81.8 Å². The molecule has 0 aromatic heterocycles. The summed E-state index contributed by atoms with van der Waals surface area (Å²) in [6.07, 6.45) is 2.45. The number of rotatable bonds is 4. The van der Waals surface area contributed by atoms with Gasteiger partial charge in [-0.25, -0.2) is 21.1 Å². The number of carbonyl (C=O) groups excluding carboxylic acids is 1. The molecule has 2 heterocycles. The van der Waals surface area contributed by atoms with Crippen LogP contribution in [0.4, 0.5) is 0 Å². The monoisotopic (exact) mass is 449 g/mol. The van der Waals surface area contributed by atoms with Crippen molar-refractivity contribution in [2.45, 2.75) is 17.7 Å². The average Bonchev–Trinajstić information content (AvgIpc) is 2.67. The highest BCUT2D eigenvalue weighted by atomic mass is 35.5. The van der Waals surface area contributed by atoms with Crippen LogP contribution in [0.5, 0.6) is 0 Å². The zero-order valence-electron chi connectivity index (χ0n) is 15.6. The number of hydrogen-bond donors (Lipinski definition) is 0. The summed E-state index contributed by atoms with van der Waals surface area (Å²) in [5.74, 6) is -0.472. The molecule has 0 spiro atoms. The number of halogens is 1. The summed E-state index contributed by atoms with van der Waals surface area (Å²) in [7, 11) is -6.95. The highest BCUT2D eigenvalue weighted by Crippen LogP contribution is 2.23. The van der Waals surface area contributed by atoms with Gasteiger partial charge in [0, 0.05) is 44.3 Å². The van der Waals surface area contributed by atoms with Crippen molar-refractivity contribution >= 4 is 37.6 Å². The maximum absolute atomic E-state index is 12.8. The van der Waals surface area contributed by atoms with Crippen molar-refractivity contribution in [3.8, 4) is 0 Å². The first-order valence-corrected chi connectivity index (χ1v) is 12.8. The van der Waals surface area contributed by atoms with Gasteiger partial charge in [0.1, 0.15) is 0 Å². The molecule has 11 heteroatoms. The number of piperazine rings is 1. The number of sulfonamides is 2. The lowest BCUT2D eigenvalue weighted by atomic mass is 9.98. The first-order chi connectivity index (χ1) is 13.1. The quantitative estimate of drug-likeness (QED) is 0.678. The van der Waals surface area contributed by atoms with Gasteiger partial charge < -0.3 is 4.90 Å². The van der Waals surface area contributed by atoms with E-state index in [-0.39, 0.29) is 36.4 Å². The number of benzene rings is 1. The van der Waals surface area contributed by atoms with E-state index in [1.165, 1.54) is 32.9 Å². The number of carbonyl (C=O) groups is 1. The molecule has 0 saturated carbocycles. The fourth-order valence-corrected chi connectivity index (χ4v) is 6.07. The Morgan fingerprint density at radius 2 is 1.57 bits per heavy atom. The van der Waals surface area contributed by atoms with Crippen LogP contribution in [0.25, 0.3) is 0 Å². The van der Waals surface area contributed by atoms with Gasteiger partial charge in [-0.3, -0.25) is 4.79 Å². The Morgan fingerprint density at radius 1 is 0.964 bits per heavy atom. The zero-order valence-corrected chi connectivity index (χ0v) is 18.0. The lowest BCUT2D eigenvalue weighted by molar-refractivity contribution is -0.137. The van der Waals surface area contributed by atoms with E-state index in [2.05, 4.69) is 0 Å². The standard InChI is InChI=1S/C17H24ClN3O5S2/c1-27(23,24)21-8-2-3-14(13-21)17(22)19-9-11-20(12-10-19)28(25,26)16-6-4-15(18)5-7-16/h4-7,14H,2-3,8-13H2,1H3. The lowest BCUT2D eigenvalue weighted by Crippen LogP contribution is -2.53. The molecule has 3 rings (SSSR count). The smallest absolute Gasteiger partial charge is 0.243 e. The van der Waals surface area contributed by atoms with Gasteiger partial charge in [-0.15, -0.1) is 0 Å². The molecule has 2 aliphatic rings. The average molecular weight is 450 g/mol. The summed E-state index contributed by atoms with van der Waals surface area (Å²) in [6.45, 7) is 1.64. The zero-order chi connectivity index (χ0) is 20.5. The predicted octanol–water partition coefficient (Wildman–Crippen LogP) is 0.845. The van der Waals surface area contributed by atoms with E-state index in [1.807, 2.05) is 0 Å². The molecular weight excluding hydrogens is 426 g/mol. The molecular formula is C17H24ClN3O5S2. The minimum atomic E-state index is -3.63.